The van der Waals surface area contributed by atoms with Crippen molar-refractivity contribution in [1.82, 2.24) is 10.3 Å². The van der Waals surface area contributed by atoms with Crippen molar-refractivity contribution in [1.29, 1.82) is 0 Å². The smallest absolute Gasteiger partial charge is 0.219 e. The molecule has 0 saturated carbocycles. The summed E-state index contributed by atoms with van der Waals surface area (Å²) in [4.78, 5) is 8.66. The molecule has 0 bridgehead atoms. The van der Waals surface area contributed by atoms with Crippen LogP contribution in [-0.4, -0.2) is 17.6 Å². The second-order valence-electron chi connectivity index (χ2n) is 6.63. The van der Waals surface area contributed by atoms with Gasteiger partial charge in [-0.15, -0.1) is 0 Å². The average Bonchev–Trinajstić information content (AvgIpc) is 2.75. The zero-order chi connectivity index (χ0) is 20.1. The molecule has 6 nitrogen and oxygen atoms in total. The van der Waals surface area contributed by atoms with E-state index in [1.165, 1.54) is 12.1 Å². The largest absolute Gasteiger partial charge is 0.493 e. The zero-order valence-electron chi connectivity index (χ0n) is 15.7. The van der Waals surface area contributed by atoms with E-state index in [4.69, 9.17) is 15.2 Å². The Morgan fingerprint density at radius 2 is 2.00 bits per heavy atom. The maximum Gasteiger partial charge on any atom is 0.219 e. The van der Waals surface area contributed by atoms with Gasteiger partial charge in [0.1, 0.15) is 17.3 Å². The van der Waals surface area contributed by atoms with Gasteiger partial charge in [-0.1, -0.05) is 24.3 Å². The maximum absolute atomic E-state index is 12.9. The first-order valence-electron chi connectivity index (χ1n) is 9.34. The Morgan fingerprint density at radius 3 is 2.79 bits per heavy atom. The van der Waals surface area contributed by atoms with Crippen molar-refractivity contribution in [2.45, 2.75) is 19.0 Å². The third-order valence-corrected chi connectivity index (χ3v) is 4.55. The molecule has 1 aliphatic heterocycles. The Balaban J connectivity index is 1.34. The molecule has 2 heterocycles. The van der Waals surface area contributed by atoms with Crippen LogP contribution in [0.25, 0.3) is 0 Å². The summed E-state index contributed by atoms with van der Waals surface area (Å²) in [5.74, 6) is 1.89. The number of aliphatic imine (C=N–C) groups is 1. The molecule has 1 aliphatic rings. The van der Waals surface area contributed by atoms with Gasteiger partial charge in [0.15, 0.2) is 5.96 Å². The molecule has 1 aromatic heterocycles. The van der Waals surface area contributed by atoms with E-state index in [-0.39, 0.29) is 11.9 Å². The predicted molar refractivity (Wildman–Crippen MR) is 108 cm³/mol. The summed E-state index contributed by atoms with van der Waals surface area (Å²) in [5.41, 5.74) is 8.06. The van der Waals surface area contributed by atoms with Crippen LogP contribution in [0, 0.1) is 5.82 Å². The molecule has 29 heavy (non-hydrogen) atoms. The molecule has 1 unspecified atom stereocenters. The first-order valence-corrected chi connectivity index (χ1v) is 9.34. The quantitative estimate of drug-likeness (QED) is 0.508. The fourth-order valence-electron chi connectivity index (χ4n) is 3.08. The summed E-state index contributed by atoms with van der Waals surface area (Å²) in [6, 6.07) is 17.4. The summed E-state index contributed by atoms with van der Waals surface area (Å²) in [7, 11) is 0. The standard InChI is InChI=1S/C22H21FN4O2/c23-16-6-8-17(9-7-16)29-21-10-5-15(13-25-21)14-26-22(24)27-19-11-12-28-20-4-2-1-3-18(19)20/h1-10,13,19H,11-12,14H2,(H3,24,26,27). The summed E-state index contributed by atoms with van der Waals surface area (Å²) in [6.07, 6.45) is 2.50. The van der Waals surface area contributed by atoms with Crippen LogP contribution in [0.3, 0.4) is 0 Å². The summed E-state index contributed by atoms with van der Waals surface area (Å²) >= 11 is 0. The second-order valence-corrected chi connectivity index (χ2v) is 6.63. The third kappa shape index (κ3) is 4.82. The molecule has 2 aromatic carbocycles. The van der Waals surface area contributed by atoms with E-state index < -0.39 is 0 Å². The van der Waals surface area contributed by atoms with Crippen LogP contribution in [0.1, 0.15) is 23.6 Å². The number of aromatic nitrogens is 1. The van der Waals surface area contributed by atoms with E-state index in [1.807, 2.05) is 30.3 Å². The number of rotatable bonds is 5. The average molecular weight is 392 g/mol. The van der Waals surface area contributed by atoms with Gasteiger partial charge >= 0.3 is 0 Å². The molecule has 4 rings (SSSR count). The molecule has 0 saturated heterocycles. The number of pyridine rings is 1. The van der Waals surface area contributed by atoms with Crippen LogP contribution in [-0.2, 0) is 6.54 Å². The Bertz CT molecular complexity index is 990. The van der Waals surface area contributed by atoms with Crippen molar-refractivity contribution in [3.63, 3.8) is 0 Å². The minimum Gasteiger partial charge on any atom is -0.493 e. The van der Waals surface area contributed by atoms with Gasteiger partial charge in [0.05, 0.1) is 19.2 Å². The highest BCUT2D eigenvalue weighted by Crippen LogP contribution is 2.31. The SMILES string of the molecule is NC(=NCc1ccc(Oc2ccc(F)cc2)nc1)NC1CCOc2ccccc21. The van der Waals surface area contributed by atoms with E-state index in [0.717, 1.165) is 23.3 Å². The van der Waals surface area contributed by atoms with E-state index in [2.05, 4.69) is 15.3 Å². The fraction of sp³-hybridized carbons (Fsp3) is 0.182. The minimum atomic E-state index is -0.311. The molecule has 0 amide bonds. The normalized spacial score (nSPS) is 15.9. The van der Waals surface area contributed by atoms with Gasteiger partial charge in [0.2, 0.25) is 5.88 Å². The van der Waals surface area contributed by atoms with Crippen LogP contribution in [0.15, 0.2) is 71.9 Å². The molecule has 0 radical (unpaired) electrons. The third-order valence-electron chi connectivity index (χ3n) is 4.55. The van der Waals surface area contributed by atoms with Gasteiger partial charge in [-0.25, -0.2) is 14.4 Å². The van der Waals surface area contributed by atoms with Crippen molar-refractivity contribution >= 4 is 5.96 Å². The Morgan fingerprint density at radius 1 is 1.17 bits per heavy atom. The molecular weight excluding hydrogens is 371 g/mol. The zero-order valence-corrected chi connectivity index (χ0v) is 15.7. The van der Waals surface area contributed by atoms with Crippen molar-refractivity contribution in [3.05, 3.63) is 83.8 Å². The molecule has 3 N–H and O–H groups in total. The number of nitrogens with zero attached hydrogens (tertiary/aromatic N) is 2. The summed E-state index contributed by atoms with van der Waals surface area (Å²) in [5, 5.41) is 3.27. The fourth-order valence-corrected chi connectivity index (χ4v) is 3.08. The highest BCUT2D eigenvalue weighted by Gasteiger charge is 2.21. The summed E-state index contributed by atoms with van der Waals surface area (Å²) in [6.45, 7) is 1.04. The second kappa shape index (κ2) is 8.60. The van der Waals surface area contributed by atoms with Crippen LogP contribution in [0.5, 0.6) is 17.4 Å². The molecular formula is C22H21FN4O2. The number of hydrogen-bond donors (Lipinski definition) is 2. The molecule has 0 spiro atoms. The predicted octanol–water partition coefficient (Wildman–Crippen LogP) is 3.94. The van der Waals surface area contributed by atoms with Gasteiger partial charge in [-0.3, -0.25) is 0 Å². The number of para-hydroxylation sites is 1. The first-order chi connectivity index (χ1) is 14.2. The Hall–Kier alpha value is -3.61. The lowest BCUT2D eigenvalue weighted by Gasteiger charge is -2.26. The van der Waals surface area contributed by atoms with Gasteiger partial charge in [0.25, 0.3) is 0 Å². The van der Waals surface area contributed by atoms with E-state index in [1.54, 1.807) is 24.4 Å². The molecule has 0 fully saturated rings. The molecule has 1 atom stereocenters. The molecule has 7 heteroatoms. The number of fused-ring (bicyclic) bond motifs is 1. The van der Waals surface area contributed by atoms with E-state index in [9.17, 15) is 4.39 Å². The van der Waals surface area contributed by atoms with Crippen LogP contribution in [0.2, 0.25) is 0 Å². The van der Waals surface area contributed by atoms with Crippen LogP contribution in [0.4, 0.5) is 4.39 Å². The van der Waals surface area contributed by atoms with E-state index >= 15 is 0 Å². The minimum absolute atomic E-state index is 0.0771. The Labute approximate surface area is 168 Å². The lowest BCUT2D eigenvalue weighted by Crippen LogP contribution is -2.37. The van der Waals surface area contributed by atoms with Gasteiger partial charge in [-0.05, 0) is 35.9 Å². The van der Waals surface area contributed by atoms with Gasteiger partial charge in [0, 0.05) is 24.2 Å². The maximum atomic E-state index is 12.9. The van der Waals surface area contributed by atoms with Crippen molar-refractivity contribution in [2.24, 2.45) is 10.7 Å². The Kier molecular flexibility index (Phi) is 5.56. The van der Waals surface area contributed by atoms with E-state index in [0.29, 0.717) is 30.7 Å². The highest BCUT2D eigenvalue weighted by molar-refractivity contribution is 5.78. The number of nitrogens with two attached hydrogens (primary N) is 1. The lowest BCUT2D eigenvalue weighted by atomic mass is 10.0. The molecule has 3 aromatic rings. The number of guanidine groups is 1. The van der Waals surface area contributed by atoms with Crippen molar-refractivity contribution in [3.8, 4) is 17.4 Å². The number of halogens is 1. The van der Waals surface area contributed by atoms with Gasteiger partial charge in [-0.2, -0.15) is 0 Å². The number of benzene rings is 2. The molecule has 148 valence electrons. The van der Waals surface area contributed by atoms with Crippen LogP contribution >= 0.6 is 0 Å². The first kappa shape index (κ1) is 18.7. The number of hydrogen-bond acceptors (Lipinski definition) is 4. The van der Waals surface area contributed by atoms with Gasteiger partial charge < -0.3 is 20.5 Å². The number of ether oxygens (including phenoxy) is 2. The van der Waals surface area contributed by atoms with Crippen molar-refractivity contribution < 1.29 is 13.9 Å². The topological polar surface area (TPSA) is 81.8 Å². The van der Waals surface area contributed by atoms with Crippen molar-refractivity contribution in [2.75, 3.05) is 6.61 Å². The monoisotopic (exact) mass is 392 g/mol. The summed E-state index contributed by atoms with van der Waals surface area (Å²) < 4.78 is 24.2. The van der Waals surface area contributed by atoms with Crippen LogP contribution < -0.4 is 20.5 Å². The lowest BCUT2D eigenvalue weighted by molar-refractivity contribution is 0.262. The number of nitrogens with one attached hydrogen (secondary N) is 1. The highest BCUT2D eigenvalue weighted by atomic mass is 19.1. The molecule has 0 aliphatic carbocycles.